The Labute approximate surface area is 105 Å². The van der Waals surface area contributed by atoms with Crippen molar-refractivity contribution in [3.63, 3.8) is 0 Å². The molecule has 1 aliphatic heterocycles. The molecular weight excluding hydrogens is 294 g/mol. The summed E-state index contributed by atoms with van der Waals surface area (Å²) in [5.41, 5.74) is 0.461. The van der Waals surface area contributed by atoms with Gasteiger partial charge in [-0.05, 0) is 17.9 Å². The highest BCUT2D eigenvalue weighted by Gasteiger charge is 2.33. The predicted molar refractivity (Wildman–Crippen MR) is 65.3 cm³/mol. The van der Waals surface area contributed by atoms with Crippen LogP contribution in [0.15, 0.2) is 11.4 Å². The molecule has 0 aliphatic carbocycles. The van der Waals surface area contributed by atoms with Gasteiger partial charge in [-0.15, -0.1) is 11.3 Å². The number of hydrogen-bond acceptors (Lipinski definition) is 4. The van der Waals surface area contributed by atoms with Gasteiger partial charge in [-0.3, -0.25) is 4.79 Å². The molecule has 1 saturated heterocycles. The summed E-state index contributed by atoms with van der Waals surface area (Å²) in [5.74, 6) is -0.394. The minimum atomic E-state index is -0.401. The topological polar surface area (TPSA) is 46.6 Å². The third kappa shape index (κ3) is 1.87. The normalized spacial score (nSPS) is 20.2. The zero-order chi connectivity index (χ0) is 11.7. The number of carbonyl (C=O) groups is 2. The number of esters is 1. The minimum Gasteiger partial charge on any atom is -0.465 e. The highest BCUT2D eigenvalue weighted by molar-refractivity contribution is 9.10. The summed E-state index contributed by atoms with van der Waals surface area (Å²) in [4.78, 5) is 24.8. The molecule has 6 heteroatoms. The summed E-state index contributed by atoms with van der Waals surface area (Å²) in [6.07, 6.45) is 0.761. The number of alkyl halides is 1. The van der Waals surface area contributed by atoms with E-state index in [2.05, 4.69) is 20.7 Å². The Morgan fingerprint density at radius 3 is 3.00 bits per heavy atom. The number of thiophene rings is 1. The van der Waals surface area contributed by atoms with E-state index in [4.69, 9.17) is 0 Å². The van der Waals surface area contributed by atoms with Gasteiger partial charge < -0.3 is 9.64 Å². The molecule has 0 spiro atoms. The molecule has 1 aromatic rings. The molecule has 0 radical (unpaired) electrons. The molecule has 0 saturated carbocycles. The fourth-order valence-corrected chi connectivity index (χ4v) is 2.99. The van der Waals surface area contributed by atoms with Gasteiger partial charge in [0.05, 0.1) is 17.5 Å². The van der Waals surface area contributed by atoms with Crippen LogP contribution in [0.4, 0.5) is 5.00 Å². The van der Waals surface area contributed by atoms with Gasteiger partial charge in [0.2, 0.25) is 5.91 Å². The molecular formula is C10H10BrNO3S. The molecule has 1 aliphatic rings. The Morgan fingerprint density at radius 1 is 1.69 bits per heavy atom. The van der Waals surface area contributed by atoms with Crippen LogP contribution in [0.3, 0.4) is 0 Å². The van der Waals surface area contributed by atoms with Gasteiger partial charge in [-0.2, -0.15) is 0 Å². The number of nitrogens with zero attached hydrogens (tertiary/aromatic N) is 1. The Balaban J connectivity index is 2.31. The standard InChI is InChI=1S/C10H10BrNO3S/c1-15-10(14)6-3-5-16-9(6)12-4-2-7(11)8(12)13/h3,5,7H,2,4H2,1H3/t7-/m0/s1. The lowest BCUT2D eigenvalue weighted by atomic mass is 10.3. The maximum atomic E-state index is 11.8. The molecule has 16 heavy (non-hydrogen) atoms. The maximum Gasteiger partial charge on any atom is 0.340 e. The number of halogens is 1. The molecule has 2 rings (SSSR count). The van der Waals surface area contributed by atoms with Crippen LogP contribution < -0.4 is 4.90 Å². The van der Waals surface area contributed by atoms with Crippen molar-refractivity contribution in [2.75, 3.05) is 18.6 Å². The van der Waals surface area contributed by atoms with E-state index in [1.807, 2.05) is 0 Å². The molecule has 86 valence electrons. The van der Waals surface area contributed by atoms with Gasteiger partial charge in [0.1, 0.15) is 5.00 Å². The smallest absolute Gasteiger partial charge is 0.340 e. The summed E-state index contributed by atoms with van der Waals surface area (Å²) in [6, 6.07) is 1.68. The molecule has 0 unspecified atom stereocenters. The van der Waals surface area contributed by atoms with Crippen molar-refractivity contribution >= 4 is 44.1 Å². The zero-order valence-corrected chi connectivity index (χ0v) is 11.0. The monoisotopic (exact) mass is 303 g/mol. The average molecular weight is 304 g/mol. The SMILES string of the molecule is COC(=O)c1ccsc1N1CC[C@H](Br)C1=O. The van der Waals surface area contributed by atoms with Crippen molar-refractivity contribution in [2.45, 2.75) is 11.2 Å². The molecule has 4 nitrogen and oxygen atoms in total. The van der Waals surface area contributed by atoms with E-state index in [1.165, 1.54) is 18.4 Å². The first-order chi connectivity index (χ1) is 7.65. The maximum absolute atomic E-state index is 11.8. The van der Waals surface area contributed by atoms with Crippen LogP contribution in [0.2, 0.25) is 0 Å². The number of amides is 1. The second-order valence-corrected chi connectivity index (χ2v) is 5.38. The van der Waals surface area contributed by atoms with E-state index in [0.29, 0.717) is 17.1 Å². The van der Waals surface area contributed by atoms with Crippen LogP contribution in [0.1, 0.15) is 16.8 Å². The number of anilines is 1. The number of carbonyl (C=O) groups excluding carboxylic acids is 2. The van der Waals surface area contributed by atoms with E-state index >= 15 is 0 Å². The average Bonchev–Trinajstić information content (AvgIpc) is 2.86. The van der Waals surface area contributed by atoms with E-state index in [1.54, 1.807) is 16.3 Å². The van der Waals surface area contributed by atoms with Crippen LogP contribution in [0.5, 0.6) is 0 Å². The minimum absolute atomic E-state index is 0.00704. The molecule has 1 amide bonds. The molecule has 2 heterocycles. The van der Waals surface area contributed by atoms with Gasteiger partial charge in [-0.25, -0.2) is 4.79 Å². The molecule has 1 fully saturated rings. The fraction of sp³-hybridized carbons (Fsp3) is 0.400. The first-order valence-corrected chi connectivity index (χ1v) is 6.56. The van der Waals surface area contributed by atoms with Gasteiger partial charge in [0.25, 0.3) is 0 Å². The van der Waals surface area contributed by atoms with Gasteiger partial charge >= 0.3 is 5.97 Å². The van der Waals surface area contributed by atoms with Crippen LogP contribution in [0, 0.1) is 0 Å². The number of rotatable bonds is 2. The number of hydrogen-bond donors (Lipinski definition) is 0. The molecule has 0 N–H and O–H groups in total. The third-order valence-corrected chi connectivity index (χ3v) is 4.22. The Bertz CT molecular complexity index is 431. The first kappa shape index (κ1) is 11.6. The second-order valence-electron chi connectivity index (χ2n) is 3.38. The van der Waals surface area contributed by atoms with Crippen molar-refractivity contribution in [3.8, 4) is 0 Å². The van der Waals surface area contributed by atoms with Crippen LogP contribution in [0.25, 0.3) is 0 Å². The lowest BCUT2D eigenvalue weighted by Gasteiger charge is -2.14. The highest BCUT2D eigenvalue weighted by Crippen LogP contribution is 2.33. The molecule has 0 aromatic carbocycles. The Kier molecular flexibility index (Phi) is 3.30. The Hall–Kier alpha value is -0.880. The summed E-state index contributed by atoms with van der Waals surface area (Å²) < 4.78 is 4.67. The summed E-state index contributed by atoms with van der Waals surface area (Å²) in [7, 11) is 1.34. The number of ether oxygens (including phenoxy) is 1. The second kappa shape index (κ2) is 4.55. The quantitative estimate of drug-likeness (QED) is 0.620. The largest absolute Gasteiger partial charge is 0.465 e. The third-order valence-electron chi connectivity index (χ3n) is 2.44. The van der Waals surface area contributed by atoms with E-state index in [9.17, 15) is 9.59 Å². The van der Waals surface area contributed by atoms with Crippen molar-refractivity contribution in [2.24, 2.45) is 0 Å². The summed E-state index contributed by atoms with van der Waals surface area (Å²) in [5, 5.41) is 2.47. The molecule has 1 atom stereocenters. The molecule has 0 bridgehead atoms. The Morgan fingerprint density at radius 2 is 2.44 bits per heavy atom. The summed E-state index contributed by atoms with van der Waals surface area (Å²) in [6.45, 7) is 0.638. The van der Waals surface area contributed by atoms with Gasteiger partial charge in [-0.1, -0.05) is 15.9 Å². The van der Waals surface area contributed by atoms with Crippen molar-refractivity contribution in [3.05, 3.63) is 17.0 Å². The van der Waals surface area contributed by atoms with Gasteiger partial charge in [0, 0.05) is 6.54 Å². The van der Waals surface area contributed by atoms with E-state index < -0.39 is 5.97 Å². The number of methoxy groups -OCH3 is 1. The lowest BCUT2D eigenvalue weighted by molar-refractivity contribution is -0.116. The van der Waals surface area contributed by atoms with Crippen LogP contribution in [-0.2, 0) is 9.53 Å². The first-order valence-electron chi connectivity index (χ1n) is 4.76. The predicted octanol–water partition coefficient (Wildman–Crippen LogP) is 2.03. The summed E-state index contributed by atoms with van der Waals surface area (Å²) >= 11 is 4.69. The van der Waals surface area contributed by atoms with Crippen molar-refractivity contribution in [1.29, 1.82) is 0 Å². The van der Waals surface area contributed by atoms with Crippen LogP contribution >= 0.6 is 27.3 Å². The van der Waals surface area contributed by atoms with E-state index in [-0.39, 0.29) is 10.7 Å². The highest BCUT2D eigenvalue weighted by atomic mass is 79.9. The zero-order valence-electron chi connectivity index (χ0n) is 8.60. The molecule has 1 aromatic heterocycles. The lowest BCUT2D eigenvalue weighted by Crippen LogP contribution is -2.27. The van der Waals surface area contributed by atoms with Crippen molar-refractivity contribution in [1.82, 2.24) is 0 Å². The van der Waals surface area contributed by atoms with Crippen LogP contribution in [-0.4, -0.2) is 30.4 Å². The van der Waals surface area contributed by atoms with E-state index in [0.717, 1.165) is 6.42 Å². The van der Waals surface area contributed by atoms with Gasteiger partial charge in [0.15, 0.2) is 0 Å². The van der Waals surface area contributed by atoms with Crippen molar-refractivity contribution < 1.29 is 14.3 Å². The fourth-order valence-electron chi connectivity index (χ4n) is 1.62.